The number of ether oxygens (including phenoxy) is 2. The monoisotopic (exact) mass is 706 g/mol. The van der Waals surface area contributed by atoms with Gasteiger partial charge >= 0.3 is 0 Å². The summed E-state index contributed by atoms with van der Waals surface area (Å²) in [6.45, 7) is 3.38. The Hall–Kier alpha value is -5.14. The molecule has 2 nitrogen and oxygen atoms in total. The molecule has 0 atom stereocenters. The average molecular weight is 707 g/mol. The van der Waals surface area contributed by atoms with Gasteiger partial charge in [0.25, 0.3) is 0 Å². The highest BCUT2D eigenvalue weighted by Gasteiger charge is 2.15. The van der Waals surface area contributed by atoms with E-state index in [1.54, 1.807) is 0 Å². The van der Waals surface area contributed by atoms with Crippen LogP contribution in [0.25, 0.3) is 0 Å². The smallest absolute Gasteiger partial charge is 0.119 e. The predicted molar refractivity (Wildman–Crippen MR) is 219 cm³/mol. The Bertz CT molecular complexity index is 1740. The van der Waals surface area contributed by atoms with Gasteiger partial charge in [0.1, 0.15) is 24.7 Å². The van der Waals surface area contributed by atoms with Crippen molar-refractivity contribution in [1.82, 2.24) is 0 Å². The van der Waals surface area contributed by atoms with Crippen LogP contribution in [0.3, 0.4) is 0 Å². The Morgan fingerprint density at radius 1 is 0.373 bits per heavy atom. The molecular formula is C47H44ClO2P. The van der Waals surface area contributed by atoms with E-state index in [4.69, 9.17) is 21.1 Å². The highest BCUT2D eigenvalue weighted by atomic mass is 35.5. The molecule has 0 heterocycles. The largest absolute Gasteiger partial charge is 0.489 e. The molecule has 51 heavy (non-hydrogen) atoms. The molecular weight excluding hydrogens is 663 g/mol. The standard InChI is InChI=1S/C18H15P.C15H16O.C14H13ClO/c1-4-10-16(11-5-1)19(17-12-6-2-7-13-17)18-14-8-3-9-15-18;1-2-13-8-10-15(11-9-13)16-12-14-6-4-3-5-7-14;15-10-12-6-8-14(9-7-12)16-11-13-4-2-1-3-5-13/h1-15H;3-11H,2,12H2,1H3;1-9H,10-11H2. The number of benzene rings is 7. The van der Waals surface area contributed by atoms with Gasteiger partial charge in [-0.3, -0.25) is 0 Å². The minimum Gasteiger partial charge on any atom is -0.489 e. The van der Waals surface area contributed by atoms with Crippen molar-refractivity contribution in [2.24, 2.45) is 0 Å². The normalized spacial score (nSPS) is 10.3. The minimum atomic E-state index is -0.446. The molecule has 0 aromatic heterocycles. The molecule has 7 aromatic rings. The zero-order valence-corrected chi connectivity index (χ0v) is 30.7. The van der Waals surface area contributed by atoms with Gasteiger partial charge in [0.05, 0.1) is 0 Å². The van der Waals surface area contributed by atoms with Crippen LogP contribution in [0.2, 0.25) is 0 Å². The molecule has 0 bridgehead atoms. The van der Waals surface area contributed by atoms with Gasteiger partial charge in [0, 0.05) is 5.88 Å². The van der Waals surface area contributed by atoms with Crippen molar-refractivity contribution in [1.29, 1.82) is 0 Å². The topological polar surface area (TPSA) is 18.5 Å². The van der Waals surface area contributed by atoms with Crippen LogP contribution >= 0.6 is 19.5 Å². The first-order valence-electron chi connectivity index (χ1n) is 17.2. The molecule has 0 aliphatic carbocycles. The minimum absolute atomic E-state index is 0.446. The number of hydrogen-bond acceptors (Lipinski definition) is 2. The van der Waals surface area contributed by atoms with Crippen LogP contribution in [0, 0.1) is 0 Å². The molecule has 0 unspecified atom stereocenters. The molecule has 7 rings (SSSR count). The van der Waals surface area contributed by atoms with E-state index in [1.807, 2.05) is 84.9 Å². The Balaban J connectivity index is 0.000000149. The Labute approximate surface area is 310 Å². The van der Waals surface area contributed by atoms with Crippen molar-refractivity contribution in [2.75, 3.05) is 0 Å². The van der Waals surface area contributed by atoms with Crippen LogP contribution in [0.5, 0.6) is 11.5 Å². The highest BCUT2D eigenvalue weighted by Crippen LogP contribution is 2.32. The van der Waals surface area contributed by atoms with E-state index in [-0.39, 0.29) is 0 Å². The van der Waals surface area contributed by atoms with Crippen molar-refractivity contribution in [2.45, 2.75) is 32.4 Å². The van der Waals surface area contributed by atoms with E-state index in [1.165, 1.54) is 32.6 Å². The lowest BCUT2D eigenvalue weighted by Crippen LogP contribution is -2.20. The van der Waals surface area contributed by atoms with E-state index in [0.717, 1.165) is 23.5 Å². The Kier molecular flexibility index (Phi) is 15.4. The van der Waals surface area contributed by atoms with E-state index in [9.17, 15) is 0 Å². The summed E-state index contributed by atoms with van der Waals surface area (Å²) in [5.74, 6) is 2.35. The second kappa shape index (κ2) is 21.2. The van der Waals surface area contributed by atoms with Gasteiger partial charge in [0.2, 0.25) is 0 Å². The van der Waals surface area contributed by atoms with Crippen molar-refractivity contribution < 1.29 is 9.47 Å². The fourth-order valence-electron chi connectivity index (χ4n) is 5.16. The molecule has 256 valence electrons. The maximum atomic E-state index is 5.71. The molecule has 4 heteroatoms. The summed E-state index contributed by atoms with van der Waals surface area (Å²) in [6.07, 6.45) is 1.07. The Morgan fingerprint density at radius 3 is 1.00 bits per heavy atom. The molecule has 0 amide bonds. The maximum Gasteiger partial charge on any atom is 0.119 e. The highest BCUT2D eigenvalue weighted by molar-refractivity contribution is 7.79. The molecule has 0 N–H and O–H groups in total. The zero-order chi connectivity index (χ0) is 35.4. The first-order chi connectivity index (χ1) is 25.2. The van der Waals surface area contributed by atoms with Gasteiger partial charge in [0.15, 0.2) is 0 Å². The quantitative estimate of drug-likeness (QED) is 0.0985. The van der Waals surface area contributed by atoms with Crippen molar-refractivity contribution in [3.8, 4) is 11.5 Å². The molecule has 0 aliphatic rings. The van der Waals surface area contributed by atoms with Crippen LogP contribution in [0.1, 0.15) is 29.2 Å². The fraction of sp³-hybridized carbons (Fsp3) is 0.106. The molecule has 0 aliphatic heterocycles. The lowest BCUT2D eigenvalue weighted by Gasteiger charge is -2.18. The van der Waals surface area contributed by atoms with E-state index in [2.05, 4.69) is 122 Å². The third-order valence-electron chi connectivity index (χ3n) is 7.95. The first-order valence-corrected chi connectivity index (χ1v) is 19.1. The van der Waals surface area contributed by atoms with Crippen molar-refractivity contribution >= 4 is 35.4 Å². The van der Waals surface area contributed by atoms with Crippen LogP contribution in [0.15, 0.2) is 200 Å². The molecule has 0 fully saturated rings. The number of alkyl halides is 1. The van der Waals surface area contributed by atoms with Gasteiger partial charge in [-0.1, -0.05) is 183 Å². The van der Waals surface area contributed by atoms with E-state index >= 15 is 0 Å². The summed E-state index contributed by atoms with van der Waals surface area (Å²) < 4.78 is 11.3. The van der Waals surface area contributed by atoms with Gasteiger partial charge < -0.3 is 9.47 Å². The zero-order valence-electron chi connectivity index (χ0n) is 29.0. The van der Waals surface area contributed by atoms with Crippen molar-refractivity contribution in [3.05, 3.63) is 222 Å². The number of aryl methyl sites for hydroxylation is 1. The van der Waals surface area contributed by atoms with Crippen LogP contribution < -0.4 is 25.4 Å². The molecule has 7 aromatic carbocycles. The number of hydrogen-bond donors (Lipinski definition) is 0. The second-order valence-electron chi connectivity index (χ2n) is 11.7. The second-order valence-corrected chi connectivity index (χ2v) is 14.2. The van der Waals surface area contributed by atoms with Gasteiger partial charge in [-0.25, -0.2) is 0 Å². The van der Waals surface area contributed by atoms with Crippen molar-refractivity contribution in [3.63, 3.8) is 0 Å². The first kappa shape index (κ1) is 37.1. The average Bonchev–Trinajstić information content (AvgIpc) is 3.22. The third-order valence-corrected chi connectivity index (χ3v) is 10.7. The maximum absolute atomic E-state index is 5.71. The number of rotatable bonds is 11. The third kappa shape index (κ3) is 12.6. The number of halogens is 1. The van der Waals surface area contributed by atoms with Crippen LogP contribution in [-0.4, -0.2) is 0 Å². The van der Waals surface area contributed by atoms with Crippen LogP contribution in [-0.2, 0) is 25.5 Å². The molecule has 0 saturated heterocycles. The summed E-state index contributed by atoms with van der Waals surface area (Å²) >= 11 is 5.71. The predicted octanol–water partition coefficient (Wildman–Crippen LogP) is 11.3. The molecule has 0 radical (unpaired) electrons. The summed E-state index contributed by atoms with van der Waals surface area (Å²) in [5.41, 5.74) is 4.81. The summed E-state index contributed by atoms with van der Waals surface area (Å²) in [6, 6.07) is 68.8. The summed E-state index contributed by atoms with van der Waals surface area (Å²) in [4.78, 5) is 0. The summed E-state index contributed by atoms with van der Waals surface area (Å²) in [7, 11) is -0.446. The van der Waals surface area contributed by atoms with E-state index in [0.29, 0.717) is 19.1 Å². The fourth-order valence-corrected chi connectivity index (χ4v) is 7.64. The van der Waals surface area contributed by atoms with E-state index < -0.39 is 7.92 Å². The summed E-state index contributed by atoms with van der Waals surface area (Å²) in [5, 5.41) is 4.19. The Morgan fingerprint density at radius 2 is 0.686 bits per heavy atom. The van der Waals surface area contributed by atoms with Gasteiger partial charge in [-0.15, -0.1) is 11.6 Å². The van der Waals surface area contributed by atoms with Gasteiger partial charge in [-0.05, 0) is 76.8 Å². The molecule has 0 saturated carbocycles. The van der Waals surface area contributed by atoms with Gasteiger partial charge in [-0.2, -0.15) is 0 Å². The SMILES string of the molecule is CCc1ccc(OCc2ccccc2)cc1.ClCc1ccc(OCc2ccccc2)cc1.c1ccc(P(c2ccccc2)c2ccccc2)cc1. The lowest BCUT2D eigenvalue weighted by molar-refractivity contribution is 0.306. The van der Waals surface area contributed by atoms with Crippen LogP contribution in [0.4, 0.5) is 0 Å². The lowest BCUT2D eigenvalue weighted by atomic mass is 10.2. The molecule has 0 spiro atoms.